The standard InChI is InChI=1S/C24H37NO/c1-2-24(25)13-12-22(16-24)20-8-9-21-15-23(11-10-19(21)14-20)26-17-18-6-4-3-5-7-18/h8-9,14,18,22-23H,2-7,10-13,15-17,25H2,1H3/t22-,23?,24+/m0/s1. The van der Waals surface area contributed by atoms with Gasteiger partial charge >= 0.3 is 0 Å². The Morgan fingerprint density at radius 3 is 2.69 bits per heavy atom. The Labute approximate surface area is 159 Å². The first-order chi connectivity index (χ1) is 12.6. The van der Waals surface area contributed by atoms with Gasteiger partial charge in [0.1, 0.15) is 0 Å². The molecule has 26 heavy (non-hydrogen) atoms. The second kappa shape index (κ2) is 8.02. The molecule has 0 spiro atoms. The van der Waals surface area contributed by atoms with Gasteiger partial charge in [0, 0.05) is 12.1 Å². The highest BCUT2D eigenvalue weighted by Crippen LogP contribution is 2.42. The summed E-state index contributed by atoms with van der Waals surface area (Å²) in [5.41, 5.74) is 11.2. The van der Waals surface area contributed by atoms with E-state index < -0.39 is 0 Å². The number of rotatable bonds is 5. The summed E-state index contributed by atoms with van der Waals surface area (Å²) in [6.07, 6.45) is 15.7. The predicted molar refractivity (Wildman–Crippen MR) is 109 cm³/mol. The lowest BCUT2D eigenvalue weighted by Crippen LogP contribution is -2.35. The van der Waals surface area contributed by atoms with Gasteiger partial charge in [0.2, 0.25) is 0 Å². The Morgan fingerprint density at radius 2 is 1.92 bits per heavy atom. The lowest BCUT2D eigenvalue weighted by atomic mass is 9.85. The summed E-state index contributed by atoms with van der Waals surface area (Å²) in [7, 11) is 0. The Hall–Kier alpha value is -0.860. The average molecular weight is 356 g/mol. The molecule has 0 aromatic heterocycles. The van der Waals surface area contributed by atoms with E-state index in [-0.39, 0.29) is 5.54 Å². The second-order valence-corrected chi connectivity index (χ2v) is 9.39. The van der Waals surface area contributed by atoms with E-state index in [9.17, 15) is 0 Å². The molecule has 144 valence electrons. The van der Waals surface area contributed by atoms with Crippen LogP contribution in [0, 0.1) is 5.92 Å². The molecular formula is C24H37NO. The third-order valence-electron chi connectivity index (χ3n) is 7.53. The van der Waals surface area contributed by atoms with Crippen molar-refractivity contribution in [1.29, 1.82) is 0 Å². The fourth-order valence-corrected chi connectivity index (χ4v) is 5.53. The molecule has 0 aliphatic heterocycles. The van der Waals surface area contributed by atoms with Crippen LogP contribution >= 0.6 is 0 Å². The van der Waals surface area contributed by atoms with E-state index in [0.717, 1.165) is 31.8 Å². The molecule has 3 atom stereocenters. The number of aryl methyl sites for hydroxylation is 1. The molecule has 0 radical (unpaired) electrons. The van der Waals surface area contributed by atoms with E-state index in [1.807, 2.05) is 0 Å². The summed E-state index contributed by atoms with van der Waals surface area (Å²) < 4.78 is 6.33. The van der Waals surface area contributed by atoms with Crippen LogP contribution in [0.25, 0.3) is 0 Å². The van der Waals surface area contributed by atoms with E-state index in [0.29, 0.717) is 12.0 Å². The van der Waals surface area contributed by atoms with Crippen LogP contribution in [0.3, 0.4) is 0 Å². The highest BCUT2D eigenvalue weighted by molar-refractivity contribution is 5.36. The third kappa shape index (κ3) is 4.17. The van der Waals surface area contributed by atoms with Gasteiger partial charge in [-0.05, 0) is 86.3 Å². The van der Waals surface area contributed by atoms with E-state index in [1.54, 1.807) is 5.56 Å². The van der Waals surface area contributed by atoms with Crippen molar-refractivity contribution in [1.82, 2.24) is 0 Å². The van der Waals surface area contributed by atoms with Crippen LogP contribution in [0.15, 0.2) is 18.2 Å². The molecule has 0 heterocycles. The van der Waals surface area contributed by atoms with Crippen LogP contribution < -0.4 is 5.73 Å². The van der Waals surface area contributed by atoms with Gasteiger partial charge in [0.25, 0.3) is 0 Å². The monoisotopic (exact) mass is 355 g/mol. The van der Waals surface area contributed by atoms with E-state index in [4.69, 9.17) is 10.5 Å². The molecule has 3 aliphatic rings. The van der Waals surface area contributed by atoms with Crippen molar-refractivity contribution in [3.05, 3.63) is 34.9 Å². The lowest BCUT2D eigenvalue weighted by molar-refractivity contribution is 0.0137. The van der Waals surface area contributed by atoms with Gasteiger partial charge in [-0.3, -0.25) is 0 Å². The number of ether oxygens (including phenoxy) is 1. The van der Waals surface area contributed by atoms with Gasteiger partial charge in [-0.1, -0.05) is 44.4 Å². The maximum Gasteiger partial charge on any atom is 0.0618 e. The average Bonchev–Trinajstić information content (AvgIpc) is 3.09. The SMILES string of the molecule is CC[C@@]1(N)CC[C@H](c2ccc3c(c2)CCC(OCC2CCCCC2)C3)C1. The van der Waals surface area contributed by atoms with Crippen molar-refractivity contribution in [2.45, 2.75) is 102 Å². The molecule has 1 unspecified atom stereocenters. The van der Waals surface area contributed by atoms with Crippen molar-refractivity contribution < 1.29 is 4.74 Å². The van der Waals surface area contributed by atoms with Gasteiger partial charge < -0.3 is 10.5 Å². The maximum absolute atomic E-state index is 6.52. The van der Waals surface area contributed by atoms with Crippen LogP contribution in [0.2, 0.25) is 0 Å². The zero-order valence-electron chi connectivity index (χ0n) is 16.6. The number of hydrogen-bond donors (Lipinski definition) is 1. The molecule has 0 amide bonds. The first kappa shape index (κ1) is 18.5. The molecule has 2 fully saturated rings. The highest BCUT2D eigenvalue weighted by atomic mass is 16.5. The highest BCUT2D eigenvalue weighted by Gasteiger charge is 2.35. The predicted octanol–water partition coefficient (Wildman–Crippen LogP) is 5.52. The summed E-state index contributed by atoms with van der Waals surface area (Å²) in [5.74, 6) is 1.50. The summed E-state index contributed by atoms with van der Waals surface area (Å²) in [4.78, 5) is 0. The molecule has 1 aromatic carbocycles. The Balaban J connectivity index is 1.34. The smallest absolute Gasteiger partial charge is 0.0618 e. The van der Waals surface area contributed by atoms with Crippen LogP contribution in [-0.2, 0) is 17.6 Å². The number of benzene rings is 1. The number of fused-ring (bicyclic) bond motifs is 1. The van der Waals surface area contributed by atoms with Crippen LogP contribution in [0.5, 0.6) is 0 Å². The molecule has 2 saturated carbocycles. The van der Waals surface area contributed by atoms with Crippen molar-refractivity contribution in [2.24, 2.45) is 11.7 Å². The van der Waals surface area contributed by atoms with Gasteiger partial charge in [-0.25, -0.2) is 0 Å². The zero-order valence-corrected chi connectivity index (χ0v) is 16.6. The van der Waals surface area contributed by atoms with Crippen LogP contribution in [0.1, 0.15) is 93.7 Å². The quantitative estimate of drug-likeness (QED) is 0.755. The Bertz CT molecular complexity index is 606. The summed E-state index contributed by atoms with van der Waals surface area (Å²) in [6, 6.07) is 7.27. The summed E-state index contributed by atoms with van der Waals surface area (Å²) >= 11 is 0. The molecule has 0 bridgehead atoms. The first-order valence-corrected chi connectivity index (χ1v) is 11.2. The normalized spacial score (nSPS) is 32.5. The minimum Gasteiger partial charge on any atom is -0.378 e. The fraction of sp³-hybridized carbons (Fsp3) is 0.750. The molecule has 2 N–H and O–H groups in total. The lowest BCUT2D eigenvalue weighted by Gasteiger charge is -2.29. The maximum atomic E-state index is 6.52. The first-order valence-electron chi connectivity index (χ1n) is 11.2. The Kier molecular flexibility index (Phi) is 5.71. The summed E-state index contributed by atoms with van der Waals surface area (Å²) in [5, 5.41) is 0. The van der Waals surface area contributed by atoms with Crippen LogP contribution in [0.4, 0.5) is 0 Å². The largest absolute Gasteiger partial charge is 0.378 e. The zero-order chi connectivity index (χ0) is 18.0. The fourth-order valence-electron chi connectivity index (χ4n) is 5.53. The third-order valence-corrected chi connectivity index (χ3v) is 7.53. The van der Waals surface area contributed by atoms with E-state index in [1.165, 1.54) is 68.9 Å². The minimum atomic E-state index is 0.0820. The van der Waals surface area contributed by atoms with Gasteiger partial charge in [-0.15, -0.1) is 0 Å². The molecule has 1 aromatic rings. The molecule has 0 saturated heterocycles. The van der Waals surface area contributed by atoms with Crippen LogP contribution in [-0.4, -0.2) is 18.2 Å². The van der Waals surface area contributed by atoms with Crippen molar-refractivity contribution in [3.8, 4) is 0 Å². The number of nitrogens with two attached hydrogens (primary N) is 1. The molecular weight excluding hydrogens is 318 g/mol. The number of hydrogen-bond acceptors (Lipinski definition) is 2. The minimum absolute atomic E-state index is 0.0820. The summed E-state index contributed by atoms with van der Waals surface area (Å²) in [6.45, 7) is 3.23. The topological polar surface area (TPSA) is 35.2 Å². The Morgan fingerprint density at radius 1 is 1.08 bits per heavy atom. The van der Waals surface area contributed by atoms with Gasteiger partial charge in [-0.2, -0.15) is 0 Å². The van der Waals surface area contributed by atoms with E-state index >= 15 is 0 Å². The second-order valence-electron chi connectivity index (χ2n) is 9.39. The molecule has 2 nitrogen and oxygen atoms in total. The van der Waals surface area contributed by atoms with Gasteiger partial charge in [0.15, 0.2) is 0 Å². The van der Waals surface area contributed by atoms with Crippen molar-refractivity contribution >= 4 is 0 Å². The van der Waals surface area contributed by atoms with Crippen molar-refractivity contribution in [3.63, 3.8) is 0 Å². The van der Waals surface area contributed by atoms with E-state index in [2.05, 4.69) is 25.1 Å². The van der Waals surface area contributed by atoms with Gasteiger partial charge in [0.05, 0.1) is 6.10 Å². The molecule has 3 aliphatic carbocycles. The van der Waals surface area contributed by atoms with Crippen molar-refractivity contribution in [2.75, 3.05) is 6.61 Å². The molecule has 2 heteroatoms. The molecule has 4 rings (SSSR count).